The molecule has 34 heavy (non-hydrogen) atoms. The van der Waals surface area contributed by atoms with Crippen LogP contribution in [-0.2, 0) is 19.1 Å². The van der Waals surface area contributed by atoms with Gasteiger partial charge in [0.2, 0.25) is 5.91 Å². The molecule has 2 aromatic carbocycles. The number of alkyl carbamates (subject to hydrolysis) is 1. The molecule has 2 amide bonds. The van der Waals surface area contributed by atoms with Crippen molar-refractivity contribution in [2.24, 2.45) is 5.92 Å². The number of hydrogen-bond donors (Lipinski definition) is 4. The van der Waals surface area contributed by atoms with Gasteiger partial charge in [0.05, 0.1) is 25.2 Å². The number of carbonyl (C=O) groups is 3. The first-order valence-corrected chi connectivity index (χ1v) is 11.2. The Morgan fingerprint density at radius 2 is 1.71 bits per heavy atom. The van der Waals surface area contributed by atoms with Crippen LogP contribution in [0.5, 0.6) is 0 Å². The number of carboxylic acid groups (broad SMARTS) is 1. The predicted octanol–water partition coefficient (Wildman–Crippen LogP) is 1.88. The van der Waals surface area contributed by atoms with Crippen LogP contribution in [0.25, 0.3) is 11.1 Å². The van der Waals surface area contributed by atoms with Crippen molar-refractivity contribution in [1.82, 2.24) is 10.6 Å². The minimum atomic E-state index is -1.76. The summed E-state index contributed by atoms with van der Waals surface area (Å²) in [6, 6.07) is 16.2. The summed E-state index contributed by atoms with van der Waals surface area (Å²) in [5.41, 5.74) is 2.79. The molecule has 1 saturated heterocycles. The van der Waals surface area contributed by atoms with E-state index < -0.39 is 42.1 Å². The smallest absolute Gasteiger partial charge is 0.407 e. The van der Waals surface area contributed by atoms with Crippen LogP contribution in [-0.4, -0.2) is 66.2 Å². The molecule has 0 saturated carbocycles. The Labute approximate surface area is 197 Å². The summed E-state index contributed by atoms with van der Waals surface area (Å²) in [7, 11) is 0. The van der Waals surface area contributed by atoms with E-state index in [2.05, 4.69) is 22.8 Å². The maximum absolute atomic E-state index is 12.4. The third-order valence-corrected chi connectivity index (χ3v) is 6.46. The first-order chi connectivity index (χ1) is 16.3. The maximum atomic E-state index is 12.4. The quantitative estimate of drug-likeness (QED) is 0.465. The van der Waals surface area contributed by atoms with Crippen LogP contribution in [0, 0.1) is 5.92 Å². The molecule has 1 fully saturated rings. The number of fused-ring (bicyclic) bond motifs is 3. The number of benzene rings is 2. The molecule has 4 rings (SSSR count). The van der Waals surface area contributed by atoms with Crippen LogP contribution in [0.1, 0.15) is 30.4 Å². The van der Waals surface area contributed by atoms with E-state index in [0.29, 0.717) is 6.42 Å². The van der Waals surface area contributed by atoms with Crippen LogP contribution in [0.15, 0.2) is 48.5 Å². The van der Waals surface area contributed by atoms with Gasteiger partial charge in [-0.2, -0.15) is 0 Å². The van der Waals surface area contributed by atoms with Gasteiger partial charge in [0.25, 0.3) is 0 Å². The van der Waals surface area contributed by atoms with Crippen LogP contribution in [0.2, 0.25) is 0 Å². The lowest BCUT2D eigenvalue weighted by Crippen LogP contribution is -2.56. The van der Waals surface area contributed by atoms with E-state index in [-0.39, 0.29) is 25.7 Å². The van der Waals surface area contributed by atoms with E-state index >= 15 is 0 Å². The molecule has 180 valence electrons. The number of amides is 2. The zero-order chi connectivity index (χ0) is 24.3. The molecule has 0 bridgehead atoms. The number of nitrogens with one attached hydrogen (secondary N) is 2. The minimum Gasteiger partial charge on any atom is -0.479 e. The van der Waals surface area contributed by atoms with Gasteiger partial charge in [-0.3, -0.25) is 4.79 Å². The number of ether oxygens (including phenoxy) is 2. The summed E-state index contributed by atoms with van der Waals surface area (Å²) < 4.78 is 11.1. The van der Waals surface area contributed by atoms with Gasteiger partial charge in [-0.25, -0.2) is 9.59 Å². The molecule has 2 aromatic rings. The summed E-state index contributed by atoms with van der Waals surface area (Å²) in [5, 5.41) is 23.5. The molecule has 1 aliphatic carbocycles. The van der Waals surface area contributed by atoms with Crippen molar-refractivity contribution in [2.75, 3.05) is 26.4 Å². The molecule has 0 spiro atoms. The Bertz CT molecular complexity index is 1040. The highest BCUT2D eigenvalue weighted by molar-refractivity contribution is 5.88. The van der Waals surface area contributed by atoms with E-state index in [1.54, 1.807) is 0 Å². The number of aliphatic hydroxyl groups is 1. The highest BCUT2D eigenvalue weighted by Gasteiger charge is 2.39. The lowest BCUT2D eigenvalue weighted by Gasteiger charge is -2.25. The fraction of sp³-hybridized carbons (Fsp3) is 0.400. The van der Waals surface area contributed by atoms with Gasteiger partial charge in [0, 0.05) is 12.5 Å². The summed E-state index contributed by atoms with van der Waals surface area (Å²) >= 11 is 0. The molecular weight excluding hydrogens is 440 g/mol. The fourth-order valence-electron chi connectivity index (χ4n) is 4.41. The van der Waals surface area contributed by atoms with Crippen LogP contribution in [0.3, 0.4) is 0 Å². The van der Waals surface area contributed by atoms with E-state index in [1.807, 2.05) is 36.4 Å². The molecular formula is C25H28N2O7. The second kappa shape index (κ2) is 9.82. The van der Waals surface area contributed by atoms with Gasteiger partial charge in [-0.1, -0.05) is 48.5 Å². The number of rotatable bonds is 8. The maximum Gasteiger partial charge on any atom is 0.407 e. The first-order valence-electron chi connectivity index (χ1n) is 11.2. The highest BCUT2D eigenvalue weighted by Crippen LogP contribution is 2.44. The standard InChI is InChI=1S/C25H28N2O7/c1-25(14-28,23(30)31)27-22(29)15-10-16(33-12-15)11-26-24(32)34-13-21-19-8-4-2-6-17(19)18-7-3-5-9-20(18)21/h2-9,15-16,21,28H,10-14H2,1H3,(H,26,32)(H,27,29)(H,30,31). The minimum absolute atomic E-state index is 0.0379. The van der Waals surface area contributed by atoms with Gasteiger partial charge in [-0.15, -0.1) is 0 Å². The predicted molar refractivity (Wildman–Crippen MR) is 122 cm³/mol. The van der Waals surface area contributed by atoms with Crippen molar-refractivity contribution in [3.8, 4) is 11.1 Å². The molecule has 0 aromatic heterocycles. The molecule has 3 atom stereocenters. The van der Waals surface area contributed by atoms with Crippen LogP contribution < -0.4 is 10.6 Å². The summed E-state index contributed by atoms with van der Waals surface area (Å²) in [6.45, 7) is 0.972. The van der Waals surface area contributed by atoms with Gasteiger partial charge < -0.3 is 30.3 Å². The molecule has 3 unspecified atom stereocenters. The number of aliphatic carboxylic acids is 1. The second-order valence-electron chi connectivity index (χ2n) is 8.88. The third-order valence-electron chi connectivity index (χ3n) is 6.46. The van der Waals surface area contributed by atoms with Crippen molar-refractivity contribution in [3.05, 3.63) is 59.7 Å². The van der Waals surface area contributed by atoms with E-state index in [9.17, 15) is 24.6 Å². The molecule has 9 nitrogen and oxygen atoms in total. The normalized spacial score (nSPS) is 20.6. The molecule has 0 radical (unpaired) electrons. The van der Waals surface area contributed by atoms with Crippen LogP contribution in [0.4, 0.5) is 4.79 Å². The Balaban J connectivity index is 1.26. The topological polar surface area (TPSA) is 134 Å². The number of carboxylic acids is 1. The van der Waals surface area contributed by atoms with Gasteiger partial charge >= 0.3 is 12.1 Å². The van der Waals surface area contributed by atoms with Crippen molar-refractivity contribution in [2.45, 2.75) is 30.9 Å². The van der Waals surface area contributed by atoms with Crippen molar-refractivity contribution in [3.63, 3.8) is 0 Å². The van der Waals surface area contributed by atoms with E-state index in [1.165, 1.54) is 6.92 Å². The Hall–Kier alpha value is -3.43. The van der Waals surface area contributed by atoms with Crippen molar-refractivity contribution < 1.29 is 34.1 Å². The molecule has 2 aliphatic rings. The lowest BCUT2D eigenvalue weighted by atomic mass is 9.98. The molecule has 4 N–H and O–H groups in total. The zero-order valence-corrected chi connectivity index (χ0v) is 18.8. The van der Waals surface area contributed by atoms with E-state index in [4.69, 9.17) is 9.47 Å². The van der Waals surface area contributed by atoms with Crippen LogP contribution >= 0.6 is 0 Å². The average molecular weight is 469 g/mol. The summed E-state index contributed by atoms with van der Waals surface area (Å²) in [4.78, 5) is 36.0. The molecule has 1 aliphatic heterocycles. The summed E-state index contributed by atoms with van der Waals surface area (Å²) in [6.07, 6.45) is -0.657. The summed E-state index contributed by atoms with van der Waals surface area (Å²) in [5.74, 6) is -2.44. The fourth-order valence-corrected chi connectivity index (χ4v) is 4.41. The SMILES string of the molecule is CC(CO)(NC(=O)C1COC(CNC(=O)OCC2c3ccccc3-c3ccccc32)C1)C(=O)O. The monoisotopic (exact) mass is 468 g/mol. The average Bonchev–Trinajstić information content (AvgIpc) is 3.44. The highest BCUT2D eigenvalue weighted by atomic mass is 16.5. The molecule has 9 heteroatoms. The largest absolute Gasteiger partial charge is 0.479 e. The zero-order valence-electron chi connectivity index (χ0n) is 18.8. The Morgan fingerprint density at radius 3 is 2.29 bits per heavy atom. The van der Waals surface area contributed by atoms with Crippen molar-refractivity contribution in [1.29, 1.82) is 0 Å². The van der Waals surface area contributed by atoms with Crippen molar-refractivity contribution >= 4 is 18.0 Å². The third kappa shape index (κ3) is 4.76. The van der Waals surface area contributed by atoms with Gasteiger partial charge in [-0.05, 0) is 35.6 Å². The second-order valence-corrected chi connectivity index (χ2v) is 8.88. The van der Waals surface area contributed by atoms with Gasteiger partial charge in [0.1, 0.15) is 6.61 Å². The molecule has 1 heterocycles. The number of aliphatic hydroxyl groups excluding tert-OH is 1. The Morgan fingerprint density at radius 1 is 1.09 bits per heavy atom. The Kier molecular flexibility index (Phi) is 6.85. The lowest BCUT2D eigenvalue weighted by molar-refractivity contribution is -0.149. The van der Waals surface area contributed by atoms with E-state index in [0.717, 1.165) is 22.3 Å². The first kappa shape index (κ1) is 23.7. The number of carbonyl (C=O) groups excluding carboxylic acids is 2. The van der Waals surface area contributed by atoms with Gasteiger partial charge in [0.15, 0.2) is 5.54 Å². The number of hydrogen-bond acceptors (Lipinski definition) is 6.